The Labute approximate surface area is 88.1 Å². The van der Waals surface area contributed by atoms with Gasteiger partial charge < -0.3 is 5.11 Å². The van der Waals surface area contributed by atoms with E-state index in [2.05, 4.69) is 0 Å². The van der Waals surface area contributed by atoms with Crippen LogP contribution in [0.3, 0.4) is 0 Å². The van der Waals surface area contributed by atoms with Crippen LogP contribution in [0, 0.1) is 0 Å². The lowest BCUT2D eigenvalue weighted by Gasteiger charge is -2.18. The third-order valence-electron chi connectivity index (χ3n) is 2.00. The Morgan fingerprint density at radius 3 is 2.80 bits per heavy atom. The van der Waals surface area contributed by atoms with Crippen LogP contribution in [0.2, 0.25) is 0 Å². The van der Waals surface area contributed by atoms with Gasteiger partial charge in [-0.05, 0) is 18.6 Å². The van der Waals surface area contributed by atoms with Crippen LogP contribution in [0.4, 0.5) is 10.5 Å². The molecule has 1 amide bonds. The lowest BCUT2D eigenvalue weighted by Crippen LogP contribution is -2.29. The molecule has 0 aliphatic carbocycles. The van der Waals surface area contributed by atoms with Crippen LogP contribution in [0.1, 0.15) is 23.7 Å². The average Bonchev–Trinajstić information content (AvgIpc) is 2.25. The van der Waals surface area contributed by atoms with Crippen molar-refractivity contribution >= 4 is 18.1 Å². The van der Waals surface area contributed by atoms with E-state index in [1.54, 1.807) is 24.3 Å². The van der Waals surface area contributed by atoms with Crippen LogP contribution in [-0.4, -0.2) is 24.0 Å². The smallest absolute Gasteiger partial charge is 0.411 e. The minimum atomic E-state index is -1.00. The number of rotatable bonds is 4. The van der Waals surface area contributed by atoms with Gasteiger partial charge in [-0.2, -0.15) is 0 Å². The molecule has 1 rings (SSSR count). The number of anilines is 1. The van der Waals surface area contributed by atoms with Crippen LogP contribution in [0.25, 0.3) is 0 Å². The first-order chi connectivity index (χ1) is 7.19. The van der Waals surface area contributed by atoms with Crippen LogP contribution in [-0.2, 0) is 0 Å². The fourth-order valence-corrected chi connectivity index (χ4v) is 1.32. The lowest BCUT2D eigenvalue weighted by molar-refractivity contribution is 0.112. The number of hydrogen-bond donors (Lipinski definition) is 1. The summed E-state index contributed by atoms with van der Waals surface area (Å²) in [7, 11) is 0. The van der Waals surface area contributed by atoms with E-state index in [-0.39, 0.29) is 0 Å². The highest BCUT2D eigenvalue weighted by molar-refractivity contribution is 5.87. The number of aldehydes is 1. The summed E-state index contributed by atoms with van der Waals surface area (Å²) in [5.74, 6) is 0. The Hall–Kier alpha value is -1.84. The van der Waals surface area contributed by atoms with Gasteiger partial charge >= 0.3 is 6.09 Å². The summed E-state index contributed by atoms with van der Waals surface area (Å²) in [4.78, 5) is 22.7. The second-order valence-electron chi connectivity index (χ2n) is 3.15. The molecule has 0 saturated heterocycles. The summed E-state index contributed by atoms with van der Waals surface area (Å²) in [6.45, 7) is 2.33. The molecule has 0 heterocycles. The Balaban J connectivity index is 2.99. The largest absolute Gasteiger partial charge is 0.465 e. The molecule has 0 radical (unpaired) electrons. The zero-order valence-electron chi connectivity index (χ0n) is 8.51. The van der Waals surface area contributed by atoms with Gasteiger partial charge in [-0.1, -0.05) is 19.1 Å². The molecular formula is C11H13NO3. The van der Waals surface area contributed by atoms with Gasteiger partial charge in [-0.25, -0.2) is 4.79 Å². The fraction of sp³-hybridized carbons (Fsp3) is 0.273. The molecule has 1 N–H and O–H groups in total. The van der Waals surface area contributed by atoms with Crippen LogP contribution in [0.15, 0.2) is 24.3 Å². The molecule has 0 atom stereocenters. The molecule has 4 heteroatoms. The number of benzene rings is 1. The molecule has 80 valence electrons. The lowest BCUT2D eigenvalue weighted by atomic mass is 10.2. The SMILES string of the molecule is CCCN(C(=O)O)c1cccc(C=O)c1. The van der Waals surface area contributed by atoms with Crippen molar-refractivity contribution < 1.29 is 14.7 Å². The second-order valence-corrected chi connectivity index (χ2v) is 3.15. The molecular weight excluding hydrogens is 194 g/mol. The molecule has 1 aromatic carbocycles. The molecule has 0 bridgehead atoms. The maximum atomic E-state index is 10.9. The fourth-order valence-electron chi connectivity index (χ4n) is 1.32. The van der Waals surface area contributed by atoms with Gasteiger partial charge in [-0.3, -0.25) is 9.69 Å². The van der Waals surface area contributed by atoms with Gasteiger partial charge in [0.15, 0.2) is 0 Å². The maximum Gasteiger partial charge on any atom is 0.411 e. The van der Waals surface area contributed by atoms with Gasteiger partial charge in [0.1, 0.15) is 6.29 Å². The highest BCUT2D eigenvalue weighted by atomic mass is 16.4. The van der Waals surface area contributed by atoms with Crippen LogP contribution in [0.5, 0.6) is 0 Å². The molecule has 0 fully saturated rings. The zero-order chi connectivity index (χ0) is 11.3. The Bertz CT molecular complexity index is 363. The molecule has 0 aliphatic rings. The van der Waals surface area contributed by atoms with Crippen molar-refractivity contribution in [3.63, 3.8) is 0 Å². The van der Waals surface area contributed by atoms with Gasteiger partial charge in [0.2, 0.25) is 0 Å². The number of carbonyl (C=O) groups excluding carboxylic acids is 1. The number of nitrogens with zero attached hydrogens (tertiary/aromatic N) is 1. The second kappa shape index (κ2) is 5.14. The van der Waals surface area contributed by atoms with E-state index in [9.17, 15) is 9.59 Å². The van der Waals surface area contributed by atoms with E-state index in [0.717, 1.165) is 6.42 Å². The minimum Gasteiger partial charge on any atom is -0.465 e. The van der Waals surface area contributed by atoms with Gasteiger partial charge in [0.25, 0.3) is 0 Å². The first-order valence-electron chi connectivity index (χ1n) is 4.74. The third-order valence-corrected chi connectivity index (χ3v) is 2.00. The Kier molecular flexibility index (Phi) is 3.85. The average molecular weight is 207 g/mol. The van der Waals surface area contributed by atoms with Crippen LogP contribution < -0.4 is 4.90 Å². The highest BCUT2D eigenvalue weighted by Gasteiger charge is 2.12. The van der Waals surface area contributed by atoms with E-state index >= 15 is 0 Å². The van der Waals surface area contributed by atoms with E-state index in [1.807, 2.05) is 6.92 Å². The van der Waals surface area contributed by atoms with E-state index < -0.39 is 6.09 Å². The summed E-state index contributed by atoms with van der Waals surface area (Å²) >= 11 is 0. The molecule has 0 spiro atoms. The Morgan fingerprint density at radius 2 is 2.27 bits per heavy atom. The summed E-state index contributed by atoms with van der Waals surface area (Å²) in [5.41, 5.74) is 1.02. The number of carbonyl (C=O) groups is 2. The van der Waals surface area contributed by atoms with Crippen molar-refractivity contribution in [2.24, 2.45) is 0 Å². The normalized spacial score (nSPS) is 9.67. The van der Waals surface area contributed by atoms with Crippen molar-refractivity contribution in [2.45, 2.75) is 13.3 Å². The first kappa shape index (κ1) is 11.2. The highest BCUT2D eigenvalue weighted by Crippen LogP contribution is 2.15. The molecule has 1 aromatic rings. The molecule has 15 heavy (non-hydrogen) atoms. The molecule has 0 aliphatic heterocycles. The predicted octanol–water partition coefficient (Wildman–Crippen LogP) is 2.39. The number of carboxylic acid groups (broad SMARTS) is 1. The van der Waals surface area contributed by atoms with Crippen molar-refractivity contribution in [1.82, 2.24) is 0 Å². The van der Waals surface area contributed by atoms with Crippen molar-refractivity contribution in [3.8, 4) is 0 Å². The first-order valence-corrected chi connectivity index (χ1v) is 4.74. The predicted molar refractivity (Wildman–Crippen MR) is 57.5 cm³/mol. The van der Waals surface area contributed by atoms with Gasteiger partial charge in [-0.15, -0.1) is 0 Å². The summed E-state index contributed by atoms with van der Waals surface area (Å²) in [6, 6.07) is 6.56. The van der Waals surface area contributed by atoms with E-state index in [1.165, 1.54) is 4.90 Å². The van der Waals surface area contributed by atoms with Gasteiger partial charge in [0.05, 0.1) is 0 Å². The summed E-state index contributed by atoms with van der Waals surface area (Å²) < 4.78 is 0. The van der Waals surface area contributed by atoms with Crippen molar-refractivity contribution in [3.05, 3.63) is 29.8 Å². The monoisotopic (exact) mass is 207 g/mol. The van der Waals surface area contributed by atoms with Gasteiger partial charge in [0, 0.05) is 17.8 Å². The van der Waals surface area contributed by atoms with E-state index in [0.29, 0.717) is 24.1 Å². The standard InChI is InChI=1S/C11H13NO3/c1-2-6-12(11(14)15)10-5-3-4-9(7-10)8-13/h3-5,7-8H,2,6H2,1H3,(H,14,15). The number of hydrogen-bond acceptors (Lipinski definition) is 2. The minimum absolute atomic E-state index is 0.428. The summed E-state index contributed by atoms with van der Waals surface area (Å²) in [5, 5.41) is 8.96. The quantitative estimate of drug-likeness (QED) is 0.771. The topological polar surface area (TPSA) is 57.6 Å². The van der Waals surface area contributed by atoms with Crippen LogP contribution >= 0.6 is 0 Å². The third kappa shape index (κ3) is 2.80. The summed E-state index contributed by atoms with van der Waals surface area (Å²) in [6.07, 6.45) is 0.437. The molecule has 4 nitrogen and oxygen atoms in total. The van der Waals surface area contributed by atoms with Crippen molar-refractivity contribution in [1.29, 1.82) is 0 Å². The van der Waals surface area contributed by atoms with E-state index in [4.69, 9.17) is 5.11 Å². The number of amides is 1. The molecule has 0 aromatic heterocycles. The Morgan fingerprint density at radius 1 is 1.53 bits per heavy atom. The maximum absolute atomic E-state index is 10.9. The molecule has 0 unspecified atom stereocenters. The molecule has 0 saturated carbocycles. The van der Waals surface area contributed by atoms with Crippen molar-refractivity contribution in [2.75, 3.05) is 11.4 Å². The zero-order valence-corrected chi connectivity index (χ0v) is 8.51.